The minimum absolute atomic E-state index is 0.259. The quantitative estimate of drug-likeness (QED) is 0.123. The summed E-state index contributed by atoms with van der Waals surface area (Å²) < 4.78 is 24.3. The SMILES string of the molecule is CCOC(=O)[C@H](C)Oc1c(I)cc(C=Nn2c(-c3cc4ccccc4o3)nc3ccccc3c2=O)cc1OC. The van der Waals surface area contributed by atoms with Crippen molar-refractivity contribution in [2.24, 2.45) is 5.10 Å². The highest BCUT2D eigenvalue weighted by molar-refractivity contribution is 14.1. The molecular weight excluding hydrogens is 613 g/mol. The molecule has 9 nitrogen and oxygen atoms in total. The monoisotopic (exact) mass is 637 g/mol. The lowest BCUT2D eigenvalue weighted by Crippen LogP contribution is -2.26. The molecule has 0 saturated heterocycles. The molecule has 0 unspecified atom stereocenters. The molecule has 0 spiro atoms. The van der Waals surface area contributed by atoms with Gasteiger partial charge in [0.1, 0.15) is 5.58 Å². The average Bonchev–Trinajstić information content (AvgIpc) is 3.38. The first-order valence-electron chi connectivity index (χ1n) is 12.2. The third kappa shape index (κ3) is 5.37. The standard InChI is InChI=1S/C29H24IN3O6/c1-4-37-29(35)17(2)38-26-21(30)13-18(14-24(26)36-3)16-31-33-27(25-15-19-9-5-8-12-23(19)39-25)32-22-11-7-6-10-20(22)28(33)34/h5-17H,4H2,1-3H3/t17-/m0/s1. The summed E-state index contributed by atoms with van der Waals surface area (Å²) in [4.78, 5) is 30.3. The Hall–Kier alpha value is -4.19. The fraction of sp³-hybridized carbons (Fsp3) is 0.172. The van der Waals surface area contributed by atoms with Crippen LogP contribution in [0.5, 0.6) is 11.5 Å². The van der Waals surface area contributed by atoms with Crippen LogP contribution in [0.4, 0.5) is 0 Å². The molecule has 10 heteroatoms. The molecule has 5 rings (SSSR count). The fourth-order valence-corrected chi connectivity index (χ4v) is 4.77. The zero-order chi connectivity index (χ0) is 27.5. The number of halogens is 1. The van der Waals surface area contributed by atoms with Gasteiger partial charge in [0.2, 0.25) is 5.82 Å². The minimum Gasteiger partial charge on any atom is -0.493 e. The van der Waals surface area contributed by atoms with Crippen LogP contribution in [0.15, 0.2) is 81.0 Å². The Kier molecular flexibility index (Phi) is 7.64. The van der Waals surface area contributed by atoms with E-state index in [0.717, 1.165) is 5.39 Å². The highest BCUT2D eigenvalue weighted by Gasteiger charge is 2.21. The van der Waals surface area contributed by atoms with E-state index in [0.29, 0.717) is 42.9 Å². The summed E-state index contributed by atoms with van der Waals surface area (Å²) in [6.07, 6.45) is 0.716. The van der Waals surface area contributed by atoms with Gasteiger partial charge in [-0.15, -0.1) is 0 Å². The number of carbonyl (C=O) groups excluding carboxylic acids is 1. The van der Waals surface area contributed by atoms with Crippen LogP contribution < -0.4 is 15.0 Å². The van der Waals surface area contributed by atoms with Crippen LogP contribution in [0.2, 0.25) is 0 Å². The van der Waals surface area contributed by atoms with Crippen LogP contribution in [-0.4, -0.2) is 41.7 Å². The molecule has 0 fully saturated rings. The Morgan fingerprint density at radius 2 is 1.92 bits per heavy atom. The average molecular weight is 637 g/mol. The van der Waals surface area contributed by atoms with Crippen LogP contribution in [0.1, 0.15) is 19.4 Å². The van der Waals surface area contributed by atoms with E-state index in [1.807, 2.05) is 36.4 Å². The molecule has 0 aliphatic carbocycles. The van der Waals surface area contributed by atoms with E-state index < -0.39 is 12.1 Å². The number of hydrogen-bond acceptors (Lipinski definition) is 8. The number of nitrogens with zero attached hydrogens (tertiary/aromatic N) is 3. The van der Waals surface area contributed by atoms with Gasteiger partial charge in [0, 0.05) is 5.39 Å². The predicted molar refractivity (Wildman–Crippen MR) is 157 cm³/mol. The van der Waals surface area contributed by atoms with E-state index in [4.69, 9.17) is 23.6 Å². The van der Waals surface area contributed by atoms with Gasteiger partial charge in [0.05, 0.1) is 34.4 Å². The number of rotatable bonds is 8. The van der Waals surface area contributed by atoms with Crippen LogP contribution in [0.25, 0.3) is 33.5 Å². The minimum atomic E-state index is -0.819. The number of fused-ring (bicyclic) bond motifs is 2. The van der Waals surface area contributed by atoms with E-state index in [1.54, 1.807) is 44.2 Å². The molecule has 2 aromatic heterocycles. The van der Waals surface area contributed by atoms with Gasteiger partial charge in [0.15, 0.2) is 23.4 Å². The first-order chi connectivity index (χ1) is 18.9. The van der Waals surface area contributed by atoms with Crippen LogP contribution in [0, 0.1) is 3.57 Å². The van der Waals surface area contributed by atoms with Crippen molar-refractivity contribution in [3.63, 3.8) is 0 Å². The van der Waals surface area contributed by atoms with Crippen molar-refractivity contribution in [1.29, 1.82) is 0 Å². The predicted octanol–water partition coefficient (Wildman–Crippen LogP) is 5.64. The van der Waals surface area contributed by atoms with Gasteiger partial charge in [-0.3, -0.25) is 4.79 Å². The molecule has 0 aliphatic heterocycles. The maximum absolute atomic E-state index is 13.5. The van der Waals surface area contributed by atoms with E-state index in [9.17, 15) is 9.59 Å². The maximum atomic E-state index is 13.5. The van der Waals surface area contributed by atoms with Gasteiger partial charge >= 0.3 is 5.97 Å². The lowest BCUT2D eigenvalue weighted by Gasteiger charge is -2.17. The Balaban J connectivity index is 1.57. The van der Waals surface area contributed by atoms with Crippen molar-refractivity contribution in [2.75, 3.05) is 13.7 Å². The highest BCUT2D eigenvalue weighted by Crippen LogP contribution is 2.34. The fourth-order valence-electron chi connectivity index (χ4n) is 4.02. The molecule has 0 amide bonds. The number of benzene rings is 3. The first-order valence-corrected chi connectivity index (χ1v) is 13.2. The third-order valence-electron chi connectivity index (χ3n) is 5.89. The topological polar surface area (TPSA) is 105 Å². The van der Waals surface area contributed by atoms with Crippen molar-refractivity contribution < 1.29 is 23.4 Å². The van der Waals surface area contributed by atoms with Crippen LogP contribution in [0.3, 0.4) is 0 Å². The number of esters is 1. The van der Waals surface area contributed by atoms with Gasteiger partial charge in [-0.25, -0.2) is 9.78 Å². The largest absolute Gasteiger partial charge is 0.493 e. The number of aromatic nitrogens is 2. The lowest BCUT2D eigenvalue weighted by atomic mass is 10.2. The molecule has 0 N–H and O–H groups in total. The molecule has 0 bridgehead atoms. The lowest BCUT2D eigenvalue weighted by molar-refractivity contribution is -0.150. The molecule has 5 aromatic rings. The normalized spacial score (nSPS) is 12.2. The number of hydrogen-bond donors (Lipinski definition) is 0. The molecular formula is C29H24IN3O6. The summed E-state index contributed by atoms with van der Waals surface area (Å²) in [7, 11) is 1.51. The second kappa shape index (κ2) is 11.3. The van der Waals surface area contributed by atoms with Gasteiger partial charge in [-0.05, 0) is 78.4 Å². The third-order valence-corrected chi connectivity index (χ3v) is 6.69. The van der Waals surface area contributed by atoms with Gasteiger partial charge in [0.25, 0.3) is 5.56 Å². The number of carbonyl (C=O) groups is 1. The molecule has 0 radical (unpaired) electrons. The van der Waals surface area contributed by atoms with Crippen LogP contribution in [-0.2, 0) is 9.53 Å². The van der Waals surface area contributed by atoms with Crippen molar-refractivity contribution in [2.45, 2.75) is 20.0 Å². The Labute approximate surface area is 237 Å². The van der Waals surface area contributed by atoms with E-state index in [-0.39, 0.29) is 18.0 Å². The Morgan fingerprint density at radius 3 is 2.69 bits per heavy atom. The zero-order valence-electron chi connectivity index (χ0n) is 21.4. The number of methoxy groups -OCH3 is 1. The smallest absolute Gasteiger partial charge is 0.347 e. The van der Waals surface area contributed by atoms with Gasteiger partial charge in [-0.1, -0.05) is 30.3 Å². The summed E-state index contributed by atoms with van der Waals surface area (Å²) in [5.41, 5.74) is 1.52. The summed E-state index contributed by atoms with van der Waals surface area (Å²) in [5.74, 6) is 1.03. The van der Waals surface area contributed by atoms with Gasteiger partial charge < -0.3 is 18.6 Å². The first kappa shape index (κ1) is 26.4. The van der Waals surface area contributed by atoms with Crippen molar-refractivity contribution >= 4 is 56.6 Å². The molecule has 0 saturated carbocycles. The Bertz CT molecular complexity index is 1740. The molecule has 1 atom stereocenters. The second-order valence-corrected chi connectivity index (χ2v) is 9.67. The van der Waals surface area contributed by atoms with Crippen LogP contribution >= 0.6 is 22.6 Å². The van der Waals surface area contributed by atoms with Crippen molar-refractivity contribution in [3.05, 3.63) is 86.2 Å². The second-order valence-electron chi connectivity index (χ2n) is 8.51. The molecule has 2 heterocycles. The maximum Gasteiger partial charge on any atom is 0.347 e. The molecule has 3 aromatic carbocycles. The molecule has 0 aliphatic rings. The summed E-state index contributed by atoms with van der Waals surface area (Å²) in [6.45, 7) is 3.61. The summed E-state index contributed by atoms with van der Waals surface area (Å²) >= 11 is 2.09. The van der Waals surface area contributed by atoms with Gasteiger partial charge in [-0.2, -0.15) is 9.78 Å². The highest BCUT2D eigenvalue weighted by atomic mass is 127. The zero-order valence-corrected chi connectivity index (χ0v) is 23.5. The van der Waals surface area contributed by atoms with E-state index >= 15 is 0 Å². The molecule has 198 valence electrons. The Morgan fingerprint density at radius 1 is 1.15 bits per heavy atom. The van der Waals surface area contributed by atoms with Crippen molar-refractivity contribution in [3.8, 4) is 23.1 Å². The number of ether oxygens (including phenoxy) is 3. The van der Waals surface area contributed by atoms with E-state index in [1.165, 1.54) is 18.0 Å². The number of furan rings is 1. The van der Waals surface area contributed by atoms with Crippen molar-refractivity contribution in [1.82, 2.24) is 9.66 Å². The number of para-hydroxylation sites is 2. The molecule has 39 heavy (non-hydrogen) atoms. The van der Waals surface area contributed by atoms with E-state index in [2.05, 4.69) is 27.7 Å². The summed E-state index contributed by atoms with van der Waals surface area (Å²) in [5, 5.41) is 5.83. The summed E-state index contributed by atoms with van der Waals surface area (Å²) in [6, 6.07) is 20.0.